The van der Waals surface area contributed by atoms with Crippen molar-refractivity contribution in [2.75, 3.05) is 0 Å². The summed E-state index contributed by atoms with van der Waals surface area (Å²) < 4.78 is 0. The van der Waals surface area contributed by atoms with Crippen molar-refractivity contribution in [2.45, 2.75) is 9.79 Å². The lowest BCUT2D eigenvalue weighted by atomic mass is 10.2. The summed E-state index contributed by atoms with van der Waals surface area (Å²) in [5.41, 5.74) is 3.62. The highest BCUT2D eigenvalue weighted by atomic mass is 32.1. The van der Waals surface area contributed by atoms with Crippen molar-refractivity contribution >= 4 is 49.1 Å². The van der Waals surface area contributed by atoms with E-state index in [2.05, 4.69) is 35.2 Å². The molecular formula is C20H16N2S2. The van der Waals surface area contributed by atoms with Gasteiger partial charge in [0, 0.05) is 22.2 Å². The molecule has 24 heavy (non-hydrogen) atoms. The van der Waals surface area contributed by atoms with Crippen LogP contribution < -0.4 is 0 Å². The quantitative estimate of drug-likeness (QED) is 0.442. The lowest BCUT2D eigenvalue weighted by molar-refractivity contribution is 1.29. The first-order valence-corrected chi connectivity index (χ1v) is 8.36. The molecule has 0 atom stereocenters. The third kappa shape index (κ3) is 4.37. The molecule has 0 fully saturated rings. The molecule has 0 saturated heterocycles. The van der Waals surface area contributed by atoms with E-state index < -0.39 is 0 Å². The number of hydrogen-bond donors (Lipinski definition) is 2. The Balaban J connectivity index is 1.83. The van der Waals surface area contributed by atoms with Crippen molar-refractivity contribution in [2.24, 2.45) is 9.98 Å². The second-order valence-corrected chi connectivity index (χ2v) is 6.13. The van der Waals surface area contributed by atoms with Gasteiger partial charge in [0.2, 0.25) is 0 Å². The van der Waals surface area contributed by atoms with Crippen LogP contribution in [-0.4, -0.2) is 12.4 Å². The van der Waals surface area contributed by atoms with Crippen LogP contribution in [0.1, 0.15) is 11.1 Å². The van der Waals surface area contributed by atoms with Crippen molar-refractivity contribution in [1.82, 2.24) is 0 Å². The molecule has 0 spiro atoms. The molecule has 0 aliphatic carbocycles. The van der Waals surface area contributed by atoms with Gasteiger partial charge in [-0.3, -0.25) is 9.98 Å². The molecular weight excluding hydrogens is 332 g/mol. The fourth-order valence-electron chi connectivity index (χ4n) is 2.13. The van der Waals surface area contributed by atoms with E-state index in [1.165, 1.54) is 0 Å². The van der Waals surface area contributed by atoms with E-state index in [1.54, 1.807) is 0 Å². The summed E-state index contributed by atoms with van der Waals surface area (Å²) >= 11 is 9.04. The third-order valence-corrected chi connectivity index (χ3v) is 4.09. The zero-order valence-electron chi connectivity index (χ0n) is 12.9. The maximum atomic E-state index is 4.52. The van der Waals surface area contributed by atoms with Crippen molar-refractivity contribution in [3.05, 3.63) is 83.9 Å². The van der Waals surface area contributed by atoms with Crippen LogP contribution in [0.4, 0.5) is 11.4 Å². The first-order valence-electron chi connectivity index (χ1n) is 7.46. The van der Waals surface area contributed by atoms with Crippen LogP contribution in [0, 0.1) is 0 Å². The predicted molar refractivity (Wildman–Crippen MR) is 108 cm³/mol. The van der Waals surface area contributed by atoms with Gasteiger partial charge in [0.05, 0.1) is 11.4 Å². The molecule has 0 amide bonds. The van der Waals surface area contributed by atoms with Gasteiger partial charge in [-0.2, -0.15) is 0 Å². The number of thiol groups is 2. The molecule has 0 aliphatic rings. The SMILES string of the molecule is Sc1cc(N=Cc2ccccc2)c(S)cc1N=Cc1ccccc1. The summed E-state index contributed by atoms with van der Waals surface area (Å²) in [6.45, 7) is 0. The molecule has 3 aromatic rings. The van der Waals surface area contributed by atoms with E-state index in [4.69, 9.17) is 0 Å². The summed E-state index contributed by atoms with van der Waals surface area (Å²) in [6, 6.07) is 23.6. The van der Waals surface area contributed by atoms with Gasteiger partial charge >= 0.3 is 0 Å². The zero-order chi connectivity index (χ0) is 16.8. The van der Waals surface area contributed by atoms with Gasteiger partial charge in [-0.15, -0.1) is 25.3 Å². The van der Waals surface area contributed by atoms with Crippen LogP contribution in [-0.2, 0) is 0 Å². The van der Waals surface area contributed by atoms with Crippen LogP contribution in [0.3, 0.4) is 0 Å². The normalized spacial score (nSPS) is 11.4. The number of aliphatic imine (C=N–C) groups is 2. The number of hydrogen-bond acceptors (Lipinski definition) is 4. The zero-order valence-corrected chi connectivity index (χ0v) is 14.7. The van der Waals surface area contributed by atoms with Crippen molar-refractivity contribution in [1.29, 1.82) is 0 Å². The first-order chi connectivity index (χ1) is 11.7. The summed E-state index contributed by atoms with van der Waals surface area (Å²) in [5.74, 6) is 0. The van der Waals surface area contributed by atoms with Crippen molar-refractivity contribution in [3.8, 4) is 0 Å². The molecule has 0 aliphatic heterocycles. The maximum Gasteiger partial charge on any atom is 0.0775 e. The molecule has 0 radical (unpaired) electrons. The Hall–Kier alpha value is -2.30. The van der Waals surface area contributed by atoms with Crippen LogP contribution in [0.5, 0.6) is 0 Å². The second kappa shape index (κ2) is 7.99. The van der Waals surface area contributed by atoms with Crippen molar-refractivity contribution in [3.63, 3.8) is 0 Å². The standard InChI is InChI=1S/C20H16N2S2/c23-19-12-18(22-14-16-9-5-2-6-10-16)20(24)11-17(19)21-13-15-7-3-1-4-8-15/h1-14,23-24H. The smallest absolute Gasteiger partial charge is 0.0775 e. The Morgan fingerprint density at radius 2 is 0.958 bits per heavy atom. The van der Waals surface area contributed by atoms with Gasteiger partial charge in [-0.25, -0.2) is 0 Å². The average Bonchev–Trinajstić information content (AvgIpc) is 2.62. The minimum Gasteiger partial charge on any atom is -0.255 e. The highest BCUT2D eigenvalue weighted by Crippen LogP contribution is 2.34. The molecule has 3 aromatic carbocycles. The van der Waals surface area contributed by atoms with Gasteiger partial charge in [0.1, 0.15) is 0 Å². The third-order valence-electron chi connectivity index (χ3n) is 3.38. The lowest BCUT2D eigenvalue weighted by Crippen LogP contribution is -1.81. The monoisotopic (exact) mass is 348 g/mol. The van der Waals surface area contributed by atoms with Crippen molar-refractivity contribution < 1.29 is 0 Å². The van der Waals surface area contributed by atoms with Gasteiger partial charge in [-0.05, 0) is 23.3 Å². The molecule has 0 saturated carbocycles. The lowest BCUT2D eigenvalue weighted by Gasteiger charge is -2.05. The molecule has 0 unspecified atom stereocenters. The van der Waals surface area contributed by atoms with E-state index in [1.807, 2.05) is 85.2 Å². The van der Waals surface area contributed by atoms with E-state index in [9.17, 15) is 0 Å². The molecule has 0 aromatic heterocycles. The number of rotatable bonds is 4. The van der Waals surface area contributed by atoms with Crippen LogP contribution in [0.15, 0.2) is 92.6 Å². The molecule has 0 heterocycles. The topological polar surface area (TPSA) is 24.7 Å². The molecule has 0 N–H and O–H groups in total. The largest absolute Gasteiger partial charge is 0.255 e. The highest BCUT2D eigenvalue weighted by Gasteiger charge is 2.04. The Bertz CT molecular complexity index is 798. The summed E-state index contributed by atoms with van der Waals surface area (Å²) in [6.07, 6.45) is 3.63. The summed E-state index contributed by atoms with van der Waals surface area (Å²) in [5, 5.41) is 0. The first kappa shape index (κ1) is 16.6. The van der Waals surface area contributed by atoms with Gasteiger partial charge < -0.3 is 0 Å². The Morgan fingerprint density at radius 3 is 1.33 bits per heavy atom. The van der Waals surface area contributed by atoms with Crippen LogP contribution >= 0.6 is 25.3 Å². The van der Waals surface area contributed by atoms with E-state index in [0.29, 0.717) is 0 Å². The predicted octanol–water partition coefficient (Wildman–Crippen LogP) is 5.77. The summed E-state index contributed by atoms with van der Waals surface area (Å²) in [4.78, 5) is 10.5. The maximum absolute atomic E-state index is 4.52. The molecule has 2 nitrogen and oxygen atoms in total. The van der Waals surface area contributed by atoms with Crippen LogP contribution in [0.25, 0.3) is 0 Å². The molecule has 0 bridgehead atoms. The van der Waals surface area contributed by atoms with Crippen LogP contribution in [0.2, 0.25) is 0 Å². The minimum absolute atomic E-state index is 0.764. The molecule has 118 valence electrons. The summed E-state index contributed by atoms with van der Waals surface area (Å²) in [7, 11) is 0. The average molecular weight is 348 g/mol. The van der Waals surface area contributed by atoms with Gasteiger partial charge in [-0.1, -0.05) is 60.7 Å². The number of benzene rings is 3. The van der Waals surface area contributed by atoms with E-state index in [0.717, 1.165) is 32.3 Å². The number of nitrogens with zero attached hydrogens (tertiary/aromatic N) is 2. The second-order valence-electron chi connectivity index (χ2n) is 5.17. The Labute approximate surface area is 152 Å². The Kier molecular flexibility index (Phi) is 5.51. The van der Waals surface area contributed by atoms with Gasteiger partial charge in [0.15, 0.2) is 0 Å². The fourth-order valence-corrected chi connectivity index (χ4v) is 2.62. The molecule has 3 rings (SSSR count). The van der Waals surface area contributed by atoms with Gasteiger partial charge in [0.25, 0.3) is 0 Å². The Morgan fingerprint density at radius 1 is 0.583 bits per heavy atom. The fraction of sp³-hybridized carbons (Fsp3) is 0. The van der Waals surface area contributed by atoms with E-state index in [-0.39, 0.29) is 0 Å². The minimum atomic E-state index is 0.764. The molecule has 4 heteroatoms. The van der Waals surface area contributed by atoms with E-state index >= 15 is 0 Å². The highest BCUT2D eigenvalue weighted by molar-refractivity contribution is 7.81.